The Kier molecular flexibility index (Phi) is 3.62. The van der Waals surface area contributed by atoms with E-state index in [0.29, 0.717) is 28.7 Å². The molecule has 0 spiro atoms. The number of nitrogens with zero attached hydrogens (tertiary/aromatic N) is 2. The molecular formula is C26H16N2O3. The molecule has 2 heterocycles. The Morgan fingerprint density at radius 3 is 2.42 bits per heavy atom. The molecule has 5 aromatic rings. The molecule has 0 fully saturated rings. The number of fused-ring (bicyclic) bond motifs is 6. The number of benzene rings is 3. The van der Waals surface area contributed by atoms with Gasteiger partial charge in [0.05, 0.1) is 22.0 Å². The van der Waals surface area contributed by atoms with Gasteiger partial charge in [0.25, 0.3) is 0 Å². The minimum absolute atomic E-state index is 0.0582. The third kappa shape index (κ3) is 2.40. The molecule has 0 saturated heterocycles. The third-order valence-electron chi connectivity index (χ3n) is 5.94. The lowest BCUT2D eigenvalue weighted by atomic mass is 9.85. The van der Waals surface area contributed by atoms with Crippen LogP contribution in [0.2, 0.25) is 0 Å². The van der Waals surface area contributed by atoms with Gasteiger partial charge in [-0.25, -0.2) is 0 Å². The topological polar surface area (TPSA) is 72.2 Å². The molecule has 31 heavy (non-hydrogen) atoms. The Bertz CT molecular complexity index is 1550. The van der Waals surface area contributed by atoms with E-state index < -0.39 is 0 Å². The highest BCUT2D eigenvalue weighted by atomic mass is 16.3. The molecule has 1 aliphatic rings. The second kappa shape index (κ2) is 6.37. The molecule has 5 nitrogen and oxygen atoms in total. The molecule has 0 amide bonds. The summed E-state index contributed by atoms with van der Waals surface area (Å²) in [5.74, 6) is -0.576. The summed E-state index contributed by atoms with van der Waals surface area (Å²) in [5, 5.41) is 11.6. The lowest BCUT2D eigenvalue weighted by Crippen LogP contribution is -2.24. The first kappa shape index (κ1) is 17.6. The van der Waals surface area contributed by atoms with Crippen LogP contribution < -0.4 is 0 Å². The van der Waals surface area contributed by atoms with Gasteiger partial charge in [0.15, 0.2) is 5.78 Å². The second-order valence-corrected chi connectivity index (χ2v) is 7.69. The predicted octanol–water partition coefficient (Wildman–Crippen LogP) is 4.72. The number of phenolic OH excluding ortho intramolecular Hbond substituents is 1. The lowest BCUT2D eigenvalue weighted by molar-refractivity contribution is 0.0975. The summed E-state index contributed by atoms with van der Waals surface area (Å²) in [7, 11) is 0. The summed E-state index contributed by atoms with van der Waals surface area (Å²) < 4.78 is 1.91. The summed E-state index contributed by atoms with van der Waals surface area (Å²) in [6.07, 6.45) is 1.45. The van der Waals surface area contributed by atoms with Crippen LogP contribution in [-0.2, 0) is 6.54 Å². The van der Waals surface area contributed by atoms with Crippen LogP contribution in [0.5, 0.6) is 5.75 Å². The minimum Gasteiger partial charge on any atom is -0.507 e. The average molecular weight is 404 g/mol. The van der Waals surface area contributed by atoms with Crippen LogP contribution in [0.25, 0.3) is 21.8 Å². The van der Waals surface area contributed by atoms with Crippen LogP contribution >= 0.6 is 0 Å². The van der Waals surface area contributed by atoms with E-state index in [9.17, 15) is 14.7 Å². The Morgan fingerprint density at radius 2 is 1.58 bits per heavy atom. The maximum Gasteiger partial charge on any atom is 0.211 e. The number of pyridine rings is 1. The number of ketones is 2. The van der Waals surface area contributed by atoms with Gasteiger partial charge >= 0.3 is 0 Å². The molecule has 6 rings (SSSR count). The molecule has 148 valence electrons. The van der Waals surface area contributed by atoms with Gasteiger partial charge in [0.2, 0.25) is 5.78 Å². The molecule has 0 unspecified atom stereocenters. The summed E-state index contributed by atoms with van der Waals surface area (Å²) in [4.78, 5) is 31.8. The molecule has 0 saturated carbocycles. The number of hydrogen-bond acceptors (Lipinski definition) is 4. The van der Waals surface area contributed by atoms with Crippen molar-refractivity contribution in [3.63, 3.8) is 0 Å². The van der Waals surface area contributed by atoms with Crippen molar-refractivity contribution in [2.45, 2.75) is 6.54 Å². The summed E-state index contributed by atoms with van der Waals surface area (Å²) in [5.41, 5.74) is 3.55. The van der Waals surface area contributed by atoms with Crippen LogP contribution in [0.15, 0.2) is 79.0 Å². The number of aromatic nitrogens is 2. The largest absolute Gasteiger partial charge is 0.507 e. The van der Waals surface area contributed by atoms with E-state index in [4.69, 9.17) is 0 Å². The van der Waals surface area contributed by atoms with E-state index in [1.807, 2.05) is 59.2 Å². The molecule has 0 atom stereocenters. The third-order valence-corrected chi connectivity index (χ3v) is 5.94. The number of carbonyl (C=O) groups is 2. The Morgan fingerprint density at radius 1 is 0.806 bits per heavy atom. The smallest absolute Gasteiger partial charge is 0.211 e. The Hall–Kier alpha value is -4.25. The summed E-state index contributed by atoms with van der Waals surface area (Å²) in [6, 6.07) is 22.3. The predicted molar refractivity (Wildman–Crippen MR) is 118 cm³/mol. The fourth-order valence-corrected chi connectivity index (χ4v) is 4.59. The van der Waals surface area contributed by atoms with Gasteiger partial charge in [-0.05, 0) is 23.8 Å². The fraction of sp³-hybridized carbons (Fsp3) is 0.0385. The van der Waals surface area contributed by atoms with Crippen molar-refractivity contribution in [3.8, 4) is 5.75 Å². The van der Waals surface area contributed by atoms with E-state index >= 15 is 0 Å². The van der Waals surface area contributed by atoms with E-state index in [1.54, 1.807) is 12.1 Å². The van der Waals surface area contributed by atoms with Crippen molar-refractivity contribution < 1.29 is 14.7 Å². The number of para-hydroxylation sites is 1. The number of phenols is 1. The van der Waals surface area contributed by atoms with Crippen LogP contribution in [0.1, 0.15) is 37.5 Å². The van der Waals surface area contributed by atoms with Crippen LogP contribution in [-0.4, -0.2) is 26.2 Å². The van der Waals surface area contributed by atoms with Crippen molar-refractivity contribution in [1.29, 1.82) is 0 Å². The monoisotopic (exact) mass is 404 g/mol. The van der Waals surface area contributed by atoms with Crippen LogP contribution in [0, 0.1) is 0 Å². The first-order valence-electron chi connectivity index (χ1n) is 10.0. The van der Waals surface area contributed by atoms with Gasteiger partial charge in [-0.1, -0.05) is 54.6 Å². The zero-order valence-corrected chi connectivity index (χ0v) is 16.4. The number of carbonyl (C=O) groups excluding carboxylic acids is 2. The van der Waals surface area contributed by atoms with E-state index in [-0.39, 0.29) is 28.4 Å². The van der Waals surface area contributed by atoms with Crippen molar-refractivity contribution in [2.24, 2.45) is 0 Å². The molecular weight excluding hydrogens is 388 g/mol. The highest BCUT2D eigenvalue weighted by molar-refractivity contribution is 6.35. The molecule has 1 aliphatic carbocycles. The standard InChI is InChI=1S/C26H16N2O3/c29-20-12-6-10-18-23(20)21-17(13-27-18)25(30)22-16-9-4-5-11-19(16)28(24(22)26(21)31)14-15-7-2-1-3-8-15/h1-13,29H,14H2. The highest BCUT2D eigenvalue weighted by Crippen LogP contribution is 2.39. The zero-order valence-electron chi connectivity index (χ0n) is 16.4. The molecule has 3 aromatic carbocycles. The van der Waals surface area contributed by atoms with Crippen molar-refractivity contribution in [3.05, 3.63) is 107 Å². The van der Waals surface area contributed by atoms with E-state index in [0.717, 1.165) is 16.5 Å². The first-order valence-corrected chi connectivity index (χ1v) is 10.0. The summed E-state index contributed by atoms with van der Waals surface area (Å²) >= 11 is 0. The molecule has 5 heteroatoms. The fourth-order valence-electron chi connectivity index (χ4n) is 4.59. The van der Waals surface area contributed by atoms with Gasteiger partial charge in [0.1, 0.15) is 11.4 Å². The molecule has 1 N–H and O–H groups in total. The van der Waals surface area contributed by atoms with Crippen LogP contribution in [0.3, 0.4) is 0 Å². The van der Waals surface area contributed by atoms with Gasteiger partial charge in [-0.15, -0.1) is 0 Å². The van der Waals surface area contributed by atoms with Crippen molar-refractivity contribution in [1.82, 2.24) is 9.55 Å². The maximum atomic E-state index is 13.9. The Labute approximate surface area is 177 Å². The second-order valence-electron chi connectivity index (χ2n) is 7.69. The molecule has 0 aliphatic heterocycles. The SMILES string of the molecule is O=C1c2cnc3cccc(O)c3c2C(=O)c2c1c1ccccc1n2Cc1ccccc1. The zero-order chi connectivity index (χ0) is 21.1. The molecule has 0 bridgehead atoms. The van der Waals surface area contributed by atoms with E-state index in [1.165, 1.54) is 12.3 Å². The normalized spacial score (nSPS) is 12.9. The maximum absolute atomic E-state index is 13.9. The highest BCUT2D eigenvalue weighted by Gasteiger charge is 2.37. The van der Waals surface area contributed by atoms with Gasteiger partial charge < -0.3 is 9.67 Å². The minimum atomic E-state index is -0.273. The number of rotatable bonds is 2. The number of hydrogen-bond donors (Lipinski definition) is 1. The van der Waals surface area contributed by atoms with E-state index in [2.05, 4.69) is 4.98 Å². The van der Waals surface area contributed by atoms with Gasteiger partial charge in [-0.2, -0.15) is 0 Å². The lowest BCUT2D eigenvalue weighted by Gasteiger charge is -2.19. The van der Waals surface area contributed by atoms with Gasteiger partial charge in [-0.3, -0.25) is 14.6 Å². The Balaban J connectivity index is 1.70. The summed E-state index contributed by atoms with van der Waals surface area (Å²) in [6.45, 7) is 0.458. The molecule has 0 radical (unpaired) electrons. The first-order chi connectivity index (χ1) is 15.1. The van der Waals surface area contributed by atoms with Crippen LogP contribution in [0.4, 0.5) is 0 Å². The molecule has 2 aromatic heterocycles. The van der Waals surface area contributed by atoms with Gasteiger partial charge in [0, 0.05) is 29.2 Å². The van der Waals surface area contributed by atoms with Crippen molar-refractivity contribution >= 4 is 33.4 Å². The average Bonchev–Trinajstić information content (AvgIpc) is 3.12. The van der Waals surface area contributed by atoms with Crippen molar-refractivity contribution in [2.75, 3.05) is 0 Å². The number of aromatic hydroxyl groups is 1. The quantitative estimate of drug-likeness (QED) is 0.453.